The summed E-state index contributed by atoms with van der Waals surface area (Å²) in [4.78, 5) is 33.4. The second-order valence-electron chi connectivity index (χ2n) is 6.03. The Bertz CT molecular complexity index is 488. The lowest BCUT2D eigenvalue weighted by atomic mass is 10.3. The van der Waals surface area contributed by atoms with Gasteiger partial charge in [0.1, 0.15) is 6.61 Å². The monoisotopic (exact) mass is 470 g/mol. The molecule has 1 unspecified atom stereocenters. The van der Waals surface area contributed by atoms with Crippen molar-refractivity contribution in [2.24, 2.45) is 0 Å². The molecule has 12 heteroatoms. The number of halogens is 1. The van der Waals surface area contributed by atoms with Crippen LogP contribution < -0.4 is 10.6 Å². The molecule has 0 heterocycles. The van der Waals surface area contributed by atoms with Gasteiger partial charge in [-0.2, -0.15) is 0 Å². The minimum atomic E-state index is -1.80. The summed E-state index contributed by atoms with van der Waals surface area (Å²) in [6.45, 7) is 5.15. The summed E-state index contributed by atoms with van der Waals surface area (Å²) in [5.41, 5.74) is 0. The maximum atomic E-state index is 13.5. The number of Topliss-reactive ketones (excluding diaryl/α,β-unsaturated/α-hetero) is 1. The molecule has 0 aliphatic carbocycles. The minimum Gasteiger partial charge on any atom is -0.377 e. The van der Waals surface area contributed by atoms with Crippen LogP contribution in [-0.2, 0) is 33.3 Å². The zero-order chi connectivity index (χ0) is 23.2. The van der Waals surface area contributed by atoms with Crippen LogP contribution in [0.5, 0.6) is 0 Å². The SMILES string of the molecule is CCC(=O)COCCOCCOCCOCCOCCNC(=O)C(F)CNC(=O)SC. The Kier molecular flexibility index (Phi) is 21.0. The topological polar surface area (TPSA) is 121 Å². The molecule has 0 bridgehead atoms. The average Bonchev–Trinajstić information content (AvgIpc) is 2.78. The van der Waals surface area contributed by atoms with Crippen molar-refractivity contribution in [1.82, 2.24) is 10.6 Å². The third-order valence-electron chi connectivity index (χ3n) is 3.59. The molecule has 2 N–H and O–H groups in total. The first-order valence-corrected chi connectivity index (χ1v) is 11.4. The van der Waals surface area contributed by atoms with Gasteiger partial charge >= 0.3 is 0 Å². The predicted octanol–water partition coefficient (Wildman–Crippen LogP) is 0.575. The van der Waals surface area contributed by atoms with E-state index in [1.54, 1.807) is 13.2 Å². The molecule has 0 saturated heterocycles. The molecule has 2 amide bonds. The second kappa shape index (κ2) is 21.9. The number of ketones is 1. The van der Waals surface area contributed by atoms with Gasteiger partial charge in [0.25, 0.3) is 11.1 Å². The van der Waals surface area contributed by atoms with Crippen LogP contribution in [0, 0.1) is 0 Å². The molecule has 0 aromatic carbocycles. The van der Waals surface area contributed by atoms with Gasteiger partial charge in [0.05, 0.1) is 66.0 Å². The maximum absolute atomic E-state index is 13.5. The molecule has 10 nitrogen and oxygen atoms in total. The van der Waals surface area contributed by atoms with Gasteiger partial charge in [0.2, 0.25) is 0 Å². The molecule has 182 valence electrons. The number of amides is 2. The molecular weight excluding hydrogens is 435 g/mol. The van der Waals surface area contributed by atoms with Crippen LogP contribution in [0.3, 0.4) is 0 Å². The zero-order valence-electron chi connectivity index (χ0n) is 18.3. The largest absolute Gasteiger partial charge is 0.377 e. The van der Waals surface area contributed by atoms with Crippen molar-refractivity contribution in [3.05, 3.63) is 0 Å². The number of carbonyl (C=O) groups excluding carboxylic acids is 3. The summed E-state index contributed by atoms with van der Waals surface area (Å²) >= 11 is 0.913. The maximum Gasteiger partial charge on any atom is 0.278 e. The summed E-state index contributed by atoms with van der Waals surface area (Å²) < 4.78 is 39.9. The van der Waals surface area contributed by atoms with Gasteiger partial charge in [-0.25, -0.2) is 4.39 Å². The third kappa shape index (κ3) is 20.4. The van der Waals surface area contributed by atoms with Crippen LogP contribution in [0.2, 0.25) is 0 Å². The summed E-state index contributed by atoms with van der Waals surface area (Å²) in [7, 11) is 0. The van der Waals surface area contributed by atoms with Crippen molar-refractivity contribution in [2.75, 3.05) is 85.4 Å². The van der Waals surface area contributed by atoms with E-state index in [0.717, 1.165) is 11.8 Å². The van der Waals surface area contributed by atoms with Crippen molar-refractivity contribution >= 4 is 28.7 Å². The van der Waals surface area contributed by atoms with Gasteiger partial charge in [0.15, 0.2) is 12.0 Å². The second-order valence-corrected chi connectivity index (χ2v) is 6.80. The highest BCUT2D eigenvalue weighted by Gasteiger charge is 2.17. The van der Waals surface area contributed by atoms with E-state index < -0.39 is 12.1 Å². The number of hydrogen-bond donors (Lipinski definition) is 2. The van der Waals surface area contributed by atoms with Gasteiger partial charge in [-0.1, -0.05) is 18.7 Å². The van der Waals surface area contributed by atoms with Crippen LogP contribution in [0.25, 0.3) is 0 Å². The first kappa shape index (κ1) is 29.7. The number of nitrogens with one attached hydrogen (secondary N) is 2. The molecule has 31 heavy (non-hydrogen) atoms. The van der Waals surface area contributed by atoms with E-state index in [1.807, 2.05) is 0 Å². The lowest BCUT2D eigenvalue weighted by molar-refractivity contribution is -0.126. The molecule has 0 aliphatic heterocycles. The molecule has 0 fully saturated rings. The standard InChI is InChI=1S/C19H35FN2O8S/c1-3-16(23)15-30-13-12-29-11-10-28-9-8-27-7-6-26-5-4-21-18(24)17(20)14-22-19(25)31-2/h17H,3-15H2,1-2H3,(H,21,24)(H,22,25). The number of ether oxygens (including phenoxy) is 5. The summed E-state index contributed by atoms with van der Waals surface area (Å²) in [6, 6.07) is 0. The fourth-order valence-electron chi connectivity index (χ4n) is 1.86. The van der Waals surface area contributed by atoms with Crippen molar-refractivity contribution in [2.45, 2.75) is 19.5 Å². The highest BCUT2D eigenvalue weighted by atomic mass is 32.2. The van der Waals surface area contributed by atoms with Gasteiger partial charge in [0, 0.05) is 13.0 Å². The van der Waals surface area contributed by atoms with Crippen LogP contribution in [-0.4, -0.2) is 109 Å². The fraction of sp³-hybridized carbons (Fsp3) is 0.842. The fourth-order valence-corrected chi connectivity index (χ4v) is 2.09. The van der Waals surface area contributed by atoms with Gasteiger partial charge in [-0.05, 0) is 6.26 Å². The Morgan fingerprint density at radius 2 is 1.29 bits per heavy atom. The normalized spacial score (nSPS) is 11.8. The molecule has 1 atom stereocenters. The Morgan fingerprint density at radius 3 is 1.77 bits per heavy atom. The third-order valence-corrected chi connectivity index (χ3v) is 4.10. The molecular formula is C19H35FN2O8S. The van der Waals surface area contributed by atoms with Crippen LogP contribution in [0.4, 0.5) is 9.18 Å². The van der Waals surface area contributed by atoms with E-state index in [9.17, 15) is 18.8 Å². The number of thioether (sulfide) groups is 1. The molecule has 0 spiro atoms. The average molecular weight is 471 g/mol. The zero-order valence-corrected chi connectivity index (χ0v) is 19.1. The molecule has 0 radical (unpaired) electrons. The molecule has 0 saturated carbocycles. The Hall–Kier alpha value is -1.31. The first-order valence-electron chi connectivity index (χ1n) is 10.1. The van der Waals surface area contributed by atoms with Gasteiger partial charge in [-0.15, -0.1) is 0 Å². The van der Waals surface area contributed by atoms with E-state index in [0.29, 0.717) is 59.3 Å². The van der Waals surface area contributed by atoms with Crippen molar-refractivity contribution in [3.8, 4) is 0 Å². The van der Waals surface area contributed by atoms with Crippen molar-refractivity contribution in [1.29, 1.82) is 0 Å². The molecule has 0 aliphatic rings. The van der Waals surface area contributed by atoms with Crippen LogP contribution in [0.1, 0.15) is 13.3 Å². The van der Waals surface area contributed by atoms with Gasteiger partial charge in [-0.3, -0.25) is 14.4 Å². The summed E-state index contributed by atoms with van der Waals surface area (Å²) in [6.07, 6.45) is 0.241. The van der Waals surface area contributed by atoms with E-state index in [2.05, 4.69) is 10.6 Å². The van der Waals surface area contributed by atoms with E-state index in [1.165, 1.54) is 0 Å². The number of alkyl halides is 1. The Labute approximate surface area is 187 Å². The lowest BCUT2D eigenvalue weighted by Crippen LogP contribution is -2.40. The Morgan fingerprint density at radius 1 is 0.806 bits per heavy atom. The van der Waals surface area contributed by atoms with Crippen LogP contribution in [0.15, 0.2) is 0 Å². The van der Waals surface area contributed by atoms with Crippen molar-refractivity contribution < 1.29 is 42.5 Å². The highest BCUT2D eigenvalue weighted by Crippen LogP contribution is 1.95. The lowest BCUT2D eigenvalue weighted by Gasteiger charge is -2.10. The predicted molar refractivity (Wildman–Crippen MR) is 114 cm³/mol. The van der Waals surface area contributed by atoms with E-state index in [-0.39, 0.29) is 37.3 Å². The number of hydrogen-bond acceptors (Lipinski definition) is 9. The molecule has 0 aromatic rings. The summed E-state index contributed by atoms with van der Waals surface area (Å²) in [5.74, 6) is -0.720. The molecule has 0 rings (SSSR count). The van der Waals surface area contributed by atoms with E-state index in [4.69, 9.17) is 23.7 Å². The summed E-state index contributed by atoms with van der Waals surface area (Å²) in [5, 5.41) is 4.28. The minimum absolute atomic E-state index is 0.0698. The van der Waals surface area contributed by atoms with Gasteiger partial charge < -0.3 is 34.3 Å². The Balaban J connectivity index is 3.27. The number of rotatable bonds is 21. The highest BCUT2D eigenvalue weighted by molar-refractivity contribution is 8.12. The quantitative estimate of drug-likeness (QED) is 0.232. The van der Waals surface area contributed by atoms with Crippen LogP contribution >= 0.6 is 11.8 Å². The van der Waals surface area contributed by atoms with Crippen molar-refractivity contribution in [3.63, 3.8) is 0 Å². The first-order chi connectivity index (χ1) is 15.0. The smallest absolute Gasteiger partial charge is 0.278 e. The van der Waals surface area contributed by atoms with E-state index >= 15 is 0 Å². The molecule has 0 aromatic heterocycles. The number of carbonyl (C=O) groups is 3.